The summed E-state index contributed by atoms with van der Waals surface area (Å²) in [6.45, 7) is 2.07. The molecule has 0 aliphatic rings. The molecule has 0 saturated heterocycles. The van der Waals surface area contributed by atoms with Crippen molar-refractivity contribution >= 4 is 29.0 Å². The van der Waals surface area contributed by atoms with Crippen LogP contribution in [0.1, 0.15) is 18.5 Å². The van der Waals surface area contributed by atoms with Gasteiger partial charge in [-0.3, -0.25) is 0 Å². The number of rotatable bonds is 3. The minimum atomic E-state index is 0.168. The quantitative estimate of drug-likeness (QED) is 0.881. The Kier molecular flexibility index (Phi) is 3.87. The zero-order chi connectivity index (χ0) is 12.3. The van der Waals surface area contributed by atoms with E-state index >= 15 is 0 Å². The number of hydrogen-bond acceptors (Lipinski definition) is 2. The Labute approximate surface area is 111 Å². The van der Waals surface area contributed by atoms with Crippen molar-refractivity contribution in [2.75, 3.05) is 5.32 Å². The zero-order valence-corrected chi connectivity index (χ0v) is 10.8. The number of benzene rings is 1. The molecule has 0 aliphatic carbocycles. The fourth-order valence-corrected chi connectivity index (χ4v) is 1.76. The van der Waals surface area contributed by atoms with E-state index in [1.807, 2.05) is 36.4 Å². The summed E-state index contributed by atoms with van der Waals surface area (Å²) in [5.41, 5.74) is 1.16. The molecule has 17 heavy (non-hydrogen) atoms. The summed E-state index contributed by atoms with van der Waals surface area (Å²) in [5.74, 6) is 0.803. The molecule has 88 valence electrons. The van der Waals surface area contributed by atoms with E-state index in [1.165, 1.54) is 0 Å². The topological polar surface area (TPSA) is 24.9 Å². The van der Waals surface area contributed by atoms with Gasteiger partial charge < -0.3 is 5.32 Å². The third kappa shape index (κ3) is 3.35. The first kappa shape index (κ1) is 12.2. The number of pyridine rings is 1. The van der Waals surface area contributed by atoms with Crippen molar-refractivity contribution in [3.05, 3.63) is 58.2 Å². The lowest BCUT2D eigenvalue weighted by Gasteiger charge is -2.14. The SMILES string of the molecule is CC(Nc1ccc(Cl)cn1)c1ccc(Cl)cc1. The van der Waals surface area contributed by atoms with Crippen LogP contribution in [0.5, 0.6) is 0 Å². The molecule has 4 heteroatoms. The lowest BCUT2D eigenvalue weighted by molar-refractivity contribution is 0.875. The van der Waals surface area contributed by atoms with E-state index < -0.39 is 0 Å². The van der Waals surface area contributed by atoms with Gasteiger partial charge in [-0.15, -0.1) is 0 Å². The molecule has 1 aromatic carbocycles. The van der Waals surface area contributed by atoms with Crippen LogP contribution < -0.4 is 5.32 Å². The molecule has 1 unspecified atom stereocenters. The summed E-state index contributed by atoms with van der Waals surface area (Å²) >= 11 is 11.6. The molecule has 0 fully saturated rings. The monoisotopic (exact) mass is 266 g/mol. The molecule has 1 aromatic heterocycles. The number of anilines is 1. The van der Waals surface area contributed by atoms with Gasteiger partial charge >= 0.3 is 0 Å². The minimum absolute atomic E-state index is 0.168. The number of hydrogen-bond donors (Lipinski definition) is 1. The smallest absolute Gasteiger partial charge is 0.126 e. The normalized spacial score (nSPS) is 12.2. The molecule has 0 radical (unpaired) electrons. The van der Waals surface area contributed by atoms with Crippen molar-refractivity contribution < 1.29 is 0 Å². The Morgan fingerprint density at radius 1 is 1.00 bits per heavy atom. The Morgan fingerprint density at radius 2 is 1.65 bits per heavy atom. The number of nitrogens with one attached hydrogen (secondary N) is 1. The maximum atomic E-state index is 5.85. The summed E-state index contributed by atoms with van der Waals surface area (Å²) in [5, 5.41) is 4.67. The first-order valence-corrected chi connectivity index (χ1v) is 6.04. The molecular weight excluding hydrogens is 255 g/mol. The average molecular weight is 267 g/mol. The van der Waals surface area contributed by atoms with Crippen molar-refractivity contribution in [1.29, 1.82) is 0 Å². The maximum absolute atomic E-state index is 5.85. The van der Waals surface area contributed by atoms with Gasteiger partial charge in [0.15, 0.2) is 0 Å². The molecule has 0 aliphatic heterocycles. The highest BCUT2D eigenvalue weighted by Crippen LogP contribution is 2.20. The molecule has 1 atom stereocenters. The van der Waals surface area contributed by atoms with Gasteiger partial charge in [0.25, 0.3) is 0 Å². The van der Waals surface area contributed by atoms with Crippen LogP contribution in [0.4, 0.5) is 5.82 Å². The molecule has 0 bridgehead atoms. The summed E-state index contributed by atoms with van der Waals surface area (Å²) in [6, 6.07) is 11.6. The number of nitrogens with zero attached hydrogens (tertiary/aromatic N) is 1. The Hall–Kier alpha value is -1.25. The Balaban J connectivity index is 2.08. The largest absolute Gasteiger partial charge is 0.364 e. The van der Waals surface area contributed by atoms with Gasteiger partial charge in [-0.25, -0.2) is 4.98 Å². The van der Waals surface area contributed by atoms with E-state index in [1.54, 1.807) is 6.20 Å². The maximum Gasteiger partial charge on any atom is 0.126 e. The van der Waals surface area contributed by atoms with Gasteiger partial charge in [0.05, 0.1) is 5.02 Å². The molecule has 2 rings (SSSR count). The van der Waals surface area contributed by atoms with Crippen LogP contribution >= 0.6 is 23.2 Å². The average Bonchev–Trinajstić information content (AvgIpc) is 2.33. The van der Waals surface area contributed by atoms with Crippen molar-refractivity contribution in [2.24, 2.45) is 0 Å². The van der Waals surface area contributed by atoms with E-state index in [0.717, 1.165) is 16.4 Å². The summed E-state index contributed by atoms with van der Waals surface area (Å²) in [4.78, 5) is 4.19. The van der Waals surface area contributed by atoms with E-state index in [2.05, 4.69) is 17.2 Å². The first-order chi connectivity index (χ1) is 8.15. The summed E-state index contributed by atoms with van der Waals surface area (Å²) in [6.07, 6.45) is 1.62. The third-order valence-electron chi connectivity index (χ3n) is 2.46. The molecule has 0 amide bonds. The van der Waals surface area contributed by atoms with Crippen LogP contribution in [-0.4, -0.2) is 4.98 Å². The van der Waals surface area contributed by atoms with Gasteiger partial charge in [0, 0.05) is 17.3 Å². The second kappa shape index (κ2) is 5.39. The molecule has 2 nitrogen and oxygen atoms in total. The zero-order valence-electron chi connectivity index (χ0n) is 9.32. The van der Waals surface area contributed by atoms with E-state index in [0.29, 0.717) is 5.02 Å². The standard InChI is InChI=1S/C13H12Cl2N2/c1-9(10-2-4-11(14)5-3-10)17-13-7-6-12(15)8-16-13/h2-9H,1H3,(H,16,17). The Bertz CT molecular complexity index is 480. The van der Waals surface area contributed by atoms with Crippen LogP contribution in [-0.2, 0) is 0 Å². The lowest BCUT2D eigenvalue weighted by atomic mass is 10.1. The Morgan fingerprint density at radius 3 is 2.24 bits per heavy atom. The van der Waals surface area contributed by atoms with Crippen molar-refractivity contribution in [3.63, 3.8) is 0 Å². The van der Waals surface area contributed by atoms with Crippen molar-refractivity contribution in [1.82, 2.24) is 4.98 Å². The van der Waals surface area contributed by atoms with Crippen LogP contribution in [0, 0.1) is 0 Å². The van der Waals surface area contributed by atoms with Crippen LogP contribution in [0.25, 0.3) is 0 Å². The minimum Gasteiger partial charge on any atom is -0.364 e. The van der Waals surface area contributed by atoms with Gasteiger partial charge in [0.2, 0.25) is 0 Å². The van der Waals surface area contributed by atoms with E-state index in [9.17, 15) is 0 Å². The number of halogens is 2. The van der Waals surface area contributed by atoms with E-state index in [4.69, 9.17) is 23.2 Å². The highest BCUT2D eigenvalue weighted by Gasteiger charge is 2.05. The molecule has 1 heterocycles. The third-order valence-corrected chi connectivity index (χ3v) is 2.94. The summed E-state index contributed by atoms with van der Waals surface area (Å²) in [7, 11) is 0. The first-order valence-electron chi connectivity index (χ1n) is 5.29. The van der Waals surface area contributed by atoms with Crippen molar-refractivity contribution in [3.8, 4) is 0 Å². The van der Waals surface area contributed by atoms with Gasteiger partial charge in [-0.1, -0.05) is 35.3 Å². The highest BCUT2D eigenvalue weighted by molar-refractivity contribution is 6.30. The van der Waals surface area contributed by atoms with Gasteiger partial charge in [-0.2, -0.15) is 0 Å². The second-order valence-corrected chi connectivity index (χ2v) is 4.65. The molecule has 0 saturated carbocycles. The van der Waals surface area contributed by atoms with Gasteiger partial charge in [0.1, 0.15) is 5.82 Å². The molecular formula is C13H12Cl2N2. The highest BCUT2D eigenvalue weighted by atomic mass is 35.5. The van der Waals surface area contributed by atoms with Gasteiger partial charge in [-0.05, 0) is 36.8 Å². The molecule has 0 spiro atoms. The fourth-order valence-electron chi connectivity index (χ4n) is 1.52. The van der Waals surface area contributed by atoms with Crippen LogP contribution in [0.15, 0.2) is 42.6 Å². The van der Waals surface area contributed by atoms with E-state index in [-0.39, 0.29) is 6.04 Å². The van der Waals surface area contributed by atoms with Crippen LogP contribution in [0.2, 0.25) is 10.0 Å². The van der Waals surface area contributed by atoms with Crippen LogP contribution in [0.3, 0.4) is 0 Å². The second-order valence-electron chi connectivity index (χ2n) is 3.78. The molecule has 1 N–H and O–H groups in total. The fraction of sp³-hybridized carbons (Fsp3) is 0.154. The number of aromatic nitrogens is 1. The van der Waals surface area contributed by atoms with Crippen molar-refractivity contribution in [2.45, 2.75) is 13.0 Å². The molecule has 2 aromatic rings. The summed E-state index contributed by atoms with van der Waals surface area (Å²) < 4.78 is 0. The predicted octanol–water partition coefficient (Wildman–Crippen LogP) is 4.56. The lowest BCUT2D eigenvalue weighted by Crippen LogP contribution is -2.07. The predicted molar refractivity (Wildman–Crippen MR) is 72.7 cm³/mol.